The molecule has 2 aliphatic rings. The zero-order valence-corrected chi connectivity index (χ0v) is 43.9. The van der Waals surface area contributed by atoms with Crippen molar-refractivity contribution in [2.24, 2.45) is 0 Å². The molecule has 0 fully saturated rings. The van der Waals surface area contributed by atoms with Crippen LogP contribution in [0.25, 0.3) is 0 Å². The summed E-state index contributed by atoms with van der Waals surface area (Å²) in [5, 5.41) is 0. The van der Waals surface area contributed by atoms with Crippen molar-refractivity contribution in [2.75, 3.05) is 84.6 Å². The van der Waals surface area contributed by atoms with Crippen LogP contribution in [0.3, 0.4) is 0 Å². The van der Waals surface area contributed by atoms with Gasteiger partial charge in [0.15, 0.2) is 28.7 Å². The van der Waals surface area contributed by atoms with Gasteiger partial charge in [0, 0.05) is 70.2 Å². The molecule has 26 nitrogen and oxygen atoms in total. The zero-order chi connectivity index (χ0) is 58.4. The Balaban J connectivity index is 1.62. The second-order valence-electron chi connectivity index (χ2n) is 17.5. The third-order valence-corrected chi connectivity index (χ3v) is 11.4. The SMILES string of the molecule is CC(=O)OCOC(=O)CN(CCOCCOc1cc2c(cc1N(CC(=O)OCOC(C)=O)CC(=O)OCOC(C)=O)C(=O)OC21c2cc(F)c(OC(C)=O)cc2C(C)(C)c2cc(OC(C)=O)c(F)cc21)CC(=O)OCOC(C)=O. The molecule has 0 saturated heterocycles. The van der Waals surface area contributed by atoms with Crippen molar-refractivity contribution in [1.29, 1.82) is 0 Å². The minimum Gasteiger partial charge on any atom is -0.489 e. The monoisotopic (exact) mass is 1120 g/mol. The van der Waals surface area contributed by atoms with E-state index < -0.39 is 160 Å². The molecule has 1 aliphatic carbocycles. The lowest BCUT2D eigenvalue weighted by Crippen LogP contribution is -2.42. The van der Waals surface area contributed by atoms with Gasteiger partial charge >= 0.3 is 65.7 Å². The summed E-state index contributed by atoms with van der Waals surface area (Å²) in [5.41, 5.74) is -4.14. The van der Waals surface area contributed by atoms with Crippen molar-refractivity contribution in [2.45, 2.75) is 66.4 Å². The lowest BCUT2D eigenvalue weighted by atomic mass is 9.61. The van der Waals surface area contributed by atoms with E-state index in [1.165, 1.54) is 23.1 Å². The molecule has 28 heteroatoms. The normalized spacial score (nSPS) is 13.0. The summed E-state index contributed by atoms with van der Waals surface area (Å²) < 4.78 is 99.8. The Morgan fingerprint density at radius 1 is 0.481 bits per heavy atom. The first-order valence-electron chi connectivity index (χ1n) is 23.5. The van der Waals surface area contributed by atoms with Crippen LogP contribution in [0.5, 0.6) is 17.2 Å². The summed E-state index contributed by atoms with van der Waals surface area (Å²) >= 11 is 0. The quantitative estimate of drug-likeness (QED) is 0.0367. The maximum Gasteiger partial charge on any atom is 0.340 e. The third kappa shape index (κ3) is 16.1. The van der Waals surface area contributed by atoms with Crippen LogP contribution in [0.1, 0.15) is 93.6 Å². The molecule has 3 aromatic rings. The van der Waals surface area contributed by atoms with E-state index in [2.05, 4.69) is 9.47 Å². The fraction of sp³-hybridized carbons (Fsp3) is 0.431. The highest BCUT2D eigenvalue weighted by molar-refractivity contribution is 5.99. The summed E-state index contributed by atoms with van der Waals surface area (Å²) in [4.78, 5) is 138. The van der Waals surface area contributed by atoms with Gasteiger partial charge in [-0.25, -0.2) is 13.6 Å². The number of fused-ring (bicyclic) bond motifs is 6. The van der Waals surface area contributed by atoms with Crippen molar-refractivity contribution < 1.29 is 123 Å². The Hall–Kier alpha value is -8.79. The molecule has 0 radical (unpaired) electrons. The van der Waals surface area contributed by atoms with E-state index in [0.717, 1.165) is 64.6 Å². The number of hydrogen-bond donors (Lipinski definition) is 0. The number of ether oxygens (including phenoxy) is 13. The summed E-state index contributed by atoms with van der Waals surface area (Å²) in [6.07, 6.45) is 0. The van der Waals surface area contributed by atoms with Crippen molar-refractivity contribution >= 4 is 71.3 Å². The predicted octanol–water partition coefficient (Wildman–Crippen LogP) is 2.68. The summed E-state index contributed by atoms with van der Waals surface area (Å²) in [6, 6.07) is 6.63. The number of hydrogen-bond acceptors (Lipinski definition) is 26. The number of rotatable bonds is 26. The molecule has 1 aliphatic heterocycles. The smallest absolute Gasteiger partial charge is 0.340 e. The Bertz CT molecular complexity index is 2760. The van der Waals surface area contributed by atoms with Gasteiger partial charge in [0.05, 0.1) is 37.6 Å². The molecule has 1 heterocycles. The highest BCUT2D eigenvalue weighted by Gasteiger charge is 2.57. The van der Waals surface area contributed by atoms with E-state index in [4.69, 9.17) is 52.1 Å². The topological polar surface area (TPSA) is 314 Å². The van der Waals surface area contributed by atoms with Crippen molar-refractivity contribution in [3.8, 4) is 17.2 Å². The van der Waals surface area contributed by atoms with Gasteiger partial charge in [-0.1, -0.05) is 13.8 Å². The van der Waals surface area contributed by atoms with Gasteiger partial charge < -0.3 is 66.5 Å². The highest BCUT2D eigenvalue weighted by Crippen LogP contribution is 2.59. The Labute approximate surface area is 448 Å². The number of carbonyl (C=O) groups excluding carboxylic acids is 11. The number of anilines is 1. The minimum atomic E-state index is -2.30. The minimum absolute atomic E-state index is 0.0952. The van der Waals surface area contributed by atoms with E-state index >= 15 is 8.78 Å². The van der Waals surface area contributed by atoms with Crippen LogP contribution >= 0.6 is 0 Å². The van der Waals surface area contributed by atoms with E-state index in [9.17, 15) is 52.7 Å². The van der Waals surface area contributed by atoms with Crippen molar-refractivity contribution in [3.05, 3.63) is 81.4 Å². The van der Waals surface area contributed by atoms with E-state index in [1.807, 2.05) is 0 Å². The van der Waals surface area contributed by atoms with Gasteiger partial charge in [-0.15, -0.1) is 0 Å². The van der Waals surface area contributed by atoms with Gasteiger partial charge in [0.25, 0.3) is 0 Å². The van der Waals surface area contributed by atoms with Crippen LogP contribution in [-0.2, 0) is 106 Å². The molecule has 0 bridgehead atoms. The van der Waals surface area contributed by atoms with Crippen LogP contribution < -0.4 is 19.1 Å². The van der Waals surface area contributed by atoms with E-state index in [0.29, 0.717) is 0 Å². The lowest BCUT2D eigenvalue weighted by molar-refractivity contribution is -0.170. The molecule has 0 saturated carbocycles. The maximum absolute atomic E-state index is 16.3. The number of carbonyl (C=O) groups is 11. The molecule has 79 heavy (non-hydrogen) atoms. The maximum atomic E-state index is 16.3. The molecular weight excluding hydrogens is 1060 g/mol. The molecule has 5 rings (SSSR count). The van der Waals surface area contributed by atoms with Gasteiger partial charge in [-0.3, -0.25) is 52.8 Å². The Kier molecular flexibility index (Phi) is 20.9. The molecule has 0 aromatic heterocycles. The van der Waals surface area contributed by atoms with Gasteiger partial charge in [0.2, 0.25) is 27.2 Å². The Morgan fingerprint density at radius 3 is 1.29 bits per heavy atom. The highest BCUT2D eigenvalue weighted by atomic mass is 19.1. The summed E-state index contributed by atoms with van der Waals surface area (Å²) in [7, 11) is 0. The van der Waals surface area contributed by atoms with Crippen LogP contribution in [0.15, 0.2) is 36.4 Å². The first kappa shape index (κ1) is 61.1. The second kappa shape index (κ2) is 27.0. The van der Waals surface area contributed by atoms with Gasteiger partial charge in [0.1, 0.15) is 25.4 Å². The fourth-order valence-electron chi connectivity index (χ4n) is 8.04. The fourth-order valence-corrected chi connectivity index (χ4v) is 8.04. The number of benzene rings is 3. The molecule has 1 spiro atoms. The van der Waals surface area contributed by atoms with Crippen LogP contribution in [-0.4, -0.2) is 150 Å². The van der Waals surface area contributed by atoms with Crippen molar-refractivity contribution in [3.63, 3.8) is 0 Å². The Morgan fingerprint density at radius 2 is 0.886 bits per heavy atom. The largest absolute Gasteiger partial charge is 0.489 e. The summed E-state index contributed by atoms with van der Waals surface area (Å²) in [6.45, 7) is 2.46. The average molecular weight is 1120 g/mol. The third-order valence-electron chi connectivity index (χ3n) is 11.4. The zero-order valence-electron chi connectivity index (χ0n) is 43.9. The lowest BCUT2D eigenvalue weighted by Gasteiger charge is -2.44. The van der Waals surface area contributed by atoms with Crippen LogP contribution in [0.2, 0.25) is 0 Å². The second-order valence-corrected chi connectivity index (χ2v) is 17.5. The first-order chi connectivity index (χ1) is 37.2. The van der Waals surface area contributed by atoms with Crippen LogP contribution in [0.4, 0.5) is 14.5 Å². The molecular formula is C51H54F2N2O24. The molecule has 0 atom stereocenters. The number of esters is 11. The van der Waals surface area contributed by atoms with Gasteiger partial charge in [-0.2, -0.15) is 0 Å². The van der Waals surface area contributed by atoms with Gasteiger partial charge in [-0.05, 0) is 47.5 Å². The predicted molar refractivity (Wildman–Crippen MR) is 255 cm³/mol. The molecule has 426 valence electrons. The molecule has 0 amide bonds. The van der Waals surface area contributed by atoms with Crippen molar-refractivity contribution in [1.82, 2.24) is 4.90 Å². The van der Waals surface area contributed by atoms with E-state index in [-0.39, 0.29) is 64.6 Å². The first-order valence-corrected chi connectivity index (χ1v) is 23.5. The number of halogens is 2. The van der Waals surface area contributed by atoms with Crippen LogP contribution in [0, 0.1) is 11.6 Å². The summed E-state index contributed by atoms with van der Waals surface area (Å²) in [5.74, 6) is -13.6. The average Bonchev–Trinajstić information content (AvgIpc) is 3.72. The molecule has 0 unspecified atom stereocenters. The number of nitrogens with zero attached hydrogens (tertiary/aromatic N) is 2. The molecule has 3 aromatic carbocycles. The van der Waals surface area contributed by atoms with E-state index in [1.54, 1.807) is 13.8 Å². The standard InChI is InChI=1S/C51H54F2N2O24/c1-27(56)69-23-73-45(62)19-54(20-46(63)74-24-70-28(2)57)9-10-67-11-12-68-44-16-34-33(13-41(44)55(21-47(64)75-25-71-29(3)58)22-48(65)76-26-72-30(4)59)49(66)79-51(34)37-14-39(52)42(77-31(5)60)17-35(37)50(7,8)36-18-43(78-32(6)61)40(53)15-38(36)51/h13-18H,9-12,19-26H2,1-8H3. The molecule has 0 N–H and O–H groups in total.